The fraction of sp³-hybridized carbons (Fsp3) is 0.154. The normalized spacial score (nSPS) is 10.6. The van der Waals surface area contributed by atoms with Crippen LogP contribution in [0.2, 0.25) is 0 Å². The van der Waals surface area contributed by atoms with Crippen LogP contribution in [0.3, 0.4) is 0 Å². The van der Waals surface area contributed by atoms with Crippen molar-refractivity contribution < 1.29 is 18.4 Å². The first kappa shape index (κ1) is 13.9. The molecule has 0 N–H and O–H groups in total. The number of methoxy groups -OCH3 is 1. The van der Waals surface area contributed by atoms with E-state index in [1.807, 2.05) is 0 Å². The highest BCUT2D eigenvalue weighted by Crippen LogP contribution is 2.17. The molecule has 3 aromatic rings. The number of carbonyl (C=O) groups excluding carboxylic acids is 1. The summed E-state index contributed by atoms with van der Waals surface area (Å²) in [4.78, 5) is 19.2. The summed E-state index contributed by atoms with van der Waals surface area (Å²) in [6.07, 6.45) is 1.36. The van der Waals surface area contributed by atoms with Gasteiger partial charge in [0.2, 0.25) is 0 Å². The van der Waals surface area contributed by atoms with E-state index in [0.717, 1.165) is 0 Å². The van der Waals surface area contributed by atoms with Crippen molar-refractivity contribution in [2.75, 3.05) is 7.11 Å². The maximum Gasteiger partial charge on any atom is 0.377 e. The van der Waals surface area contributed by atoms with E-state index >= 15 is 0 Å². The summed E-state index contributed by atoms with van der Waals surface area (Å²) in [6.45, 7) is 0.175. The number of hydrogen-bond acceptors (Lipinski definition) is 7. The fourth-order valence-corrected chi connectivity index (χ4v) is 1.73. The molecule has 0 radical (unpaired) electrons. The van der Waals surface area contributed by atoms with E-state index in [9.17, 15) is 9.18 Å². The van der Waals surface area contributed by atoms with E-state index in [0.29, 0.717) is 11.4 Å². The van der Waals surface area contributed by atoms with Crippen LogP contribution in [0.15, 0.2) is 35.1 Å². The Morgan fingerprint density at radius 2 is 2.14 bits per heavy atom. The molecule has 112 valence electrons. The molecule has 1 aromatic carbocycles. The first-order valence-corrected chi connectivity index (χ1v) is 6.22. The maximum atomic E-state index is 12.9. The number of nitrogens with zero attached hydrogens (tertiary/aromatic N) is 5. The van der Waals surface area contributed by atoms with Crippen LogP contribution >= 0.6 is 0 Å². The topological polar surface area (TPSA) is 95.9 Å². The summed E-state index contributed by atoms with van der Waals surface area (Å²) >= 11 is 0. The lowest BCUT2D eigenvalue weighted by atomic mass is 10.2. The lowest BCUT2D eigenvalue weighted by Gasteiger charge is -1.94. The van der Waals surface area contributed by atoms with Crippen molar-refractivity contribution in [2.24, 2.45) is 0 Å². The molecule has 0 aliphatic carbocycles. The van der Waals surface area contributed by atoms with Crippen LogP contribution in [0.4, 0.5) is 4.39 Å². The number of halogens is 1. The van der Waals surface area contributed by atoms with E-state index < -0.39 is 5.97 Å². The number of aromatic nitrogens is 5. The molecule has 0 unspecified atom stereocenters. The van der Waals surface area contributed by atoms with E-state index in [2.05, 4.69) is 25.0 Å². The third kappa shape index (κ3) is 2.82. The highest BCUT2D eigenvalue weighted by atomic mass is 19.1. The summed E-state index contributed by atoms with van der Waals surface area (Å²) in [5, 5.41) is 7.73. The van der Waals surface area contributed by atoms with Crippen molar-refractivity contribution in [3.63, 3.8) is 0 Å². The molecule has 0 atom stereocenters. The lowest BCUT2D eigenvalue weighted by Crippen LogP contribution is -2.07. The molecular formula is C13H10FN5O3. The number of benzene rings is 1. The van der Waals surface area contributed by atoms with Crippen LogP contribution in [0.1, 0.15) is 16.4 Å². The monoisotopic (exact) mass is 303 g/mol. The van der Waals surface area contributed by atoms with Crippen molar-refractivity contribution in [1.82, 2.24) is 24.9 Å². The van der Waals surface area contributed by atoms with Crippen LogP contribution in [0, 0.1) is 5.82 Å². The standard InChI is InChI=1S/C13H10FN5O3/c1-21-13(20)11-15-7-19(17-11)6-10-16-12(22-18-10)8-2-4-9(14)5-3-8/h2-5,7H,6H2,1H3. The van der Waals surface area contributed by atoms with E-state index in [1.165, 1.54) is 42.4 Å². The van der Waals surface area contributed by atoms with Crippen LogP contribution < -0.4 is 0 Å². The molecule has 0 aliphatic rings. The van der Waals surface area contributed by atoms with Gasteiger partial charge in [0, 0.05) is 5.56 Å². The molecule has 22 heavy (non-hydrogen) atoms. The van der Waals surface area contributed by atoms with Crippen LogP contribution in [0.5, 0.6) is 0 Å². The van der Waals surface area contributed by atoms with Crippen LogP contribution in [-0.2, 0) is 11.3 Å². The Labute approximate surface area is 123 Å². The minimum absolute atomic E-state index is 0.0512. The predicted octanol–water partition coefficient (Wildman–Crippen LogP) is 1.30. The first-order valence-electron chi connectivity index (χ1n) is 6.22. The molecule has 2 heterocycles. The zero-order valence-electron chi connectivity index (χ0n) is 11.4. The molecule has 8 nitrogen and oxygen atoms in total. The SMILES string of the molecule is COC(=O)c1ncn(Cc2noc(-c3ccc(F)cc3)n2)n1. The Morgan fingerprint density at radius 1 is 1.36 bits per heavy atom. The van der Waals surface area contributed by atoms with E-state index in [-0.39, 0.29) is 24.1 Å². The Kier molecular flexibility index (Phi) is 3.60. The minimum Gasteiger partial charge on any atom is -0.463 e. The highest BCUT2D eigenvalue weighted by Gasteiger charge is 2.14. The van der Waals surface area contributed by atoms with Crippen molar-refractivity contribution in [1.29, 1.82) is 0 Å². The van der Waals surface area contributed by atoms with Gasteiger partial charge in [-0.05, 0) is 24.3 Å². The highest BCUT2D eigenvalue weighted by molar-refractivity contribution is 5.84. The van der Waals surface area contributed by atoms with Crippen molar-refractivity contribution in [2.45, 2.75) is 6.54 Å². The molecule has 0 amide bonds. The summed E-state index contributed by atoms with van der Waals surface area (Å²) in [5.74, 6) is -0.408. The van der Waals surface area contributed by atoms with Gasteiger partial charge in [-0.25, -0.2) is 18.9 Å². The van der Waals surface area contributed by atoms with Gasteiger partial charge in [-0.3, -0.25) is 0 Å². The summed E-state index contributed by atoms with van der Waals surface area (Å²) < 4.78 is 23.9. The number of rotatable bonds is 4. The third-order valence-electron chi connectivity index (χ3n) is 2.77. The molecule has 0 spiro atoms. The molecular weight excluding hydrogens is 293 g/mol. The van der Waals surface area contributed by atoms with Crippen molar-refractivity contribution >= 4 is 5.97 Å². The molecule has 9 heteroatoms. The van der Waals surface area contributed by atoms with Crippen molar-refractivity contribution in [3.05, 3.63) is 48.1 Å². The second kappa shape index (κ2) is 5.72. The van der Waals surface area contributed by atoms with Crippen LogP contribution in [0.25, 0.3) is 11.5 Å². The molecule has 0 bridgehead atoms. The Bertz CT molecular complexity index is 796. The van der Waals surface area contributed by atoms with Crippen LogP contribution in [-0.4, -0.2) is 38.0 Å². The average Bonchev–Trinajstić information content (AvgIpc) is 3.17. The van der Waals surface area contributed by atoms with Gasteiger partial charge in [-0.1, -0.05) is 5.16 Å². The maximum absolute atomic E-state index is 12.9. The zero-order chi connectivity index (χ0) is 15.5. The number of esters is 1. The average molecular weight is 303 g/mol. The smallest absolute Gasteiger partial charge is 0.377 e. The Morgan fingerprint density at radius 3 is 2.86 bits per heavy atom. The Balaban J connectivity index is 1.75. The predicted molar refractivity (Wildman–Crippen MR) is 70.2 cm³/mol. The van der Waals surface area contributed by atoms with Gasteiger partial charge in [0.1, 0.15) is 18.7 Å². The first-order chi connectivity index (χ1) is 10.7. The lowest BCUT2D eigenvalue weighted by molar-refractivity contribution is 0.0586. The third-order valence-corrected chi connectivity index (χ3v) is 2.77. The van der Waals surface area contributed by atoms with Gasteiger partial charge in [0.05, 0.1) is 7.11 Å². The molecule has 0 fully saturated rings. The van der Waals surface area contributed by atoms with Gasteiger partial charge in [-0.15, -0.1) is 5.10 Å². The molecule has 0 saturated heterocycles. The minimum atomic E-state index is -0.626. The van der Waals surface area contributed by atoms with Gasteiger partial charge < -0.3 is 9.26 Å². The largest absolute Gasteiger partial charge is 0.463 e. The molecule has 2 aromatic heterocycles. The summed E-state index contributed by atoms with van der Waals surface area (Å²) in [6, 6.07) is 5.69. The van der Waals surface area contributed by atoms with Gasteiger partial charge in [-0.2, -0.15) is 4.98 Å². The van der Waals surface area contributed by atoms with E-state index in [1.54, 1.807) is 0 Å². The van der Waals surface area contributed by atoms with Gasteiger partial charge in [0.25, 0.3) is 11.7 Å². The second-order valence-corrected chi connectivity index (χ2v) is 4.28. The molecule has 0 aliphatic heterocycles. The number of hydrogen-bond donors (Lipinski definition) is 0. The second-order valence-electron chi connectivity index (χ2n) is 4.28. The summed E-state index contributed by atoms with van der Waals surface area (Å²) in [5.41, 5.74) is 0.606. The Hall–Kier alpha value is -3.10. The van der Waals surface area contributed by atoms with E-state index in [4.69, 9.17) is 4.52 Å². The quantitative estimate of drug-likeness (QED) is 0.670. The number of ether oxygens (including phenoxy) is 1. The summed E-state index contributed by atoms with van der Waals surface area (Å²) in [7, 11) is 1.25. The fourth-order valence-electron chi connectivity index (χ4n) is 1.73. The van der Waals surface area contributed by atoms with Crippen molar-refractivity contribution in [3.8, 4) is 11.5 Å². The molecule has 3 rings (SSSR count). The number of carbonyl (C=O) groups is 1. The molecule has 0 saturated carbocycles. The zero-order valence-corrected chi connectivity index (χ0v) is 11.4. The van der Waals surface area contributed by atoms with Gasteiger partial charge in [0.15, 0.2) is 5.82 Å². The van der Waals surface area contributed by atoms with Gasteiger partial charge >= 0.3 is 5.97 Å².